The molecule has 0 atom stereocenters. The summed E-state index contributed by atoms with van der Waals surface area (Å²) >= 11 is 2.03. The number of para-hydroxylation sites is 2. The highest BCUT2D eigenvalue weighted by Gasteiger charge is 2.33. The molecule has 7 heteroatoms. The van der Waals surface area contributed by atoms with Crippen LogP contribution in [-0.2, 0) is 11.8 Å². The lowest BCUT2D eigenvalue weighted by molar-refractivity contribution is -0.115. The summed E-state index contributed by atoms with van der Waals surface area (Å²) in [6.07, 6.45) is 0. The number of aromatic nitrogens is 2. The van der Waals surface area contributed by atoms with Gasteiger partial charge in [0, 0.05) is 7.05 Å². The van der Waals surface area contributed by atoms with Gasteiger partial charge in [-0.3, -0.25) is 19.2 Å². The number of benzene rings is 1. The molecule has 0 spiro atoms. The van der Waals surface area contributed by atoms with Gasteiger partial charge in [0.15, 0.2) is 5.69 Å². The molecule has 0 unspecified atom stereocenters. The largest absolute Gasteiger partial charge is 0.319 e. The number of amides is 2. The first-order valence-corrected chi connectivity index (χ1v) is 7.90. The maximum absolute atomic E-state index is 12.5. The first-order chi connectivity index (χ1) is 10.0. The second-order valence-electron chi connectivity index (χ2n) is 4.74. The van der Waals surface area contributed by atoms with Crippen molar-refractivity contribution in [3.05, 3.63) is 35.7 Å². The lowest BCUT2D eigenvalue weighted by Gasteiger charge is -2.22. The Kier molecular flexibility index (Phi) is 3.44. The molecule has 0 radical (unpaired) electrons. The van der Waals surface area contributed by atoms with Crippen molar-refractivity contribution in [2.45, 2.75) is 6.92 Å². The number of rotatable bonds is 1. The summed E-state index contributed by atoms with van der Waals surface area (Å²) in [7, 11) is 1.70. The summed E-state index contributed by atoms with van der Waals surface area (Å²) in [5.41, 5.74) is 2.89. The molecular weight excluding hydrogens is 383 g/mol. The maximum Gasteiger partial charge on any atom is 0.276 e. The van der Waals surface area contributed by atoms with E-state index in [4.69, 9.17) is 0 Å². The number of hydrogen-bond donors (Lipinski definition) is 1. The minimum Gasteiger partial charge on any atom is -0.319 e. The van der Waals surface area contributed by atoms with Crippen LogP contribution in [0.2, 0.25) is 0 Å². The Balaban J connectivity index is 2.34. The number of alkyl halides is 1. The number of carbonyl (C=O) groups excluding carboxylic acids is 2. The van der Waals surface area contributed by atoms with Crippen LogP contribution in [0.15, 0.2) is 24.3 Å². The normalized spacial score (nSPS) is 13.3. The smallest absolute Gasteiger partial charge is 0.276 e. The van der Waals surface area contributed by atoms with E-state index in [1.165, 1.54) is 4.68 Å². The molecule has 1 aromatic carbocycles. The Hall–Kier alpha value is -1.90. The van der Waals surface area contributed by atoms with E-state index in [1.54, 1.807) is 24.9 Å². The average Bonchev–Trinajstić information content (AvgIpc) is 2.67. The van der Waals surface area contributed by atoms with E-state index in [-0.39, 0.29) is 11.8 Å². The second kappa shape index (κ2) is 5.14. The van der Waals surface area contributed by atoms with Gasteiger partial charge in [-0.15, -0.1) is 0 Å². The third kappa shape index (κ3) is 2.11. The number of carbonyl (C=O) groups is 2. The van der Waals surface area contributed by atoms with Crippen molar-refractivity contribution in [3.63, 3.8) is 0 Å². The van der Waals surface area contributed by atoms with E-state index >= 15 is 0 Å². The zero-order valence-corrected chi connectivity index (χ0v) is 13.7. The second-order valence-corrected chi connectivity index (χ2v) is 5.50. The van der Waals surface area contributed by atoms with Crippen molar-refractivity contribution < 1.29 is 9.59 Å². The molecule has 6 nitrogen and oxygen atoms in total. The van der Waals surface area contributed by atoms with Gasteiger partial charge >= 0.3 is 0 Å². The van der Waals surface area contributed by atoms with Gasteiger partial charge in [0.1, 0.15) is 5.69 Å². The highest BCUT2D eigenvalue weighted by atomic mass is 127. The van der Waals surface area contributed by atoms with E-state index in [9.17, 15) is 9.59 Å². The predicted octanol–water partition coefficient (Wildman–Crippen LogP) is 2.39. The molecule has 0 saturated carbocycles. The van der Waals surface area contributed by atoms with Crippen LogP contribution in [0.3, 0.4) is 0 Å². The van der Waals surface area contributed by atoms with Crippen LogP contribution in [0.5, 0.6) is 0 Å². The minimum atomic E-state index is -0.260. The molecule has 1 aliphatic heterocycles. The molecule has 0 bridgehead atoms. The minimum absolute atomic E-state index is 0.0862. The van der Waals surface area contributed by atoms with E-state index in [1.807, 2.05) is 40.8 Å². The number of hydrogen-bond acceptors (Lipinski definition) is 3. The number of aryl methyl sites for hydroxylation is 2. The van der Waals surface area contributed by atoms with Crippen LogP contribution in [0.25, 0.3) is 0 Å². The first kappa shape index (κ1) is 14.1. The van der Waals surface area contributed by atoms with Crippen molar-refractivity contribution >= 4 is 51.5 Å². The summed E-state index contributed by atoms with van der Waals surface area (Å²) in [5, 5.41) is 7.13. The van der Waals surface area contributed by atoms with Crippen LogP contribution >= 0.6 is 22.6 Å². The van der Waals surface area contributed by atoms with E-state index in [2.05, 4.69) is 10.4 Å². The Bertz CT molecular complexity index is 753. The third-order valence-electron chi connectivity index (χ3n) is 3.39. The van der Waals surface area contributed by atoms with Crippen molar-refractivity contribution in [3.8, 4) is 0 Å². The van der Waals surface area contributed by atoms with Crippen LogP contribution in [0.4, 0.5) is 17.1 Å². The molecule has 1 aromatic heterocycles. The fraction of sp³-hybridized carbons (Fsp3) is 0.214. The predicted molar refractivity (Wildman–Crippen MR) is 88.4 cm³/mol. The molecule has 0 fully saturated rings. The molecule has 2 aromatic rings. The van der Waals surface area contributed by atoms with E-state index < -0.39 is 0 Å². The van der Waals surface area contributed by atoms with Gasteiger partial charge in [0.25, 0.3) is 5.91 Å². The molecular formula is C14H13IN4O2. The Morgan fingerprint density at radius 2 is 2.10 bits per heavy atom. The van der Waals surface area contributed by atoms with Gasteiger partial charge in [-0.1, -0.05) is 34.7 Å². The average molecular weight is 396 g/mol. The van der Waals surface area contributed by atoms with Crippen LogP contribution in [0, 0.1) is 6.92 Å². The number of nitrogens with one attached hydrogen (secondary N) is 1. The molecule has 2 amide bonds. The summed E-state index contributed by atoms with van der Waals surface area (Å²) < 4.78 is 1.83. The number of halogens is 1. The van der Waals surface area contributed by atoms with E-state index in [0.29, 0.717) is 32.9 Å². The van der Waals surface area contributed by atoms with Crippen molar-refractivity contribution in [2.24, 2.45) is 7.05 Å². The summed E-state index contributed by atoms with van der Waals surface area (Å²) in [4.78, 5) is 26.5. The monoisotopic (exact) mass is 396 g/mol. The van der Waals surface area contributed by atoms with Gasteiger partial charge in [0.05, 0.1) is 21.5 Å². The van der Waals surface area contributed by atoms with Crippen LogP contribution in [0.1, 0.15) is 16.2 Å². The third-order valence-corrected chi connectivity index (χ3v) is 4.04. The van der Waals surface area contributed by atoms with Crippen molar-refractivity contribution in [1.82, 2.24) is 9.78 Å². The van der Waals surface area contributed by atoms with E-state index in [0.717, 1.165) is 0 Å². The van der Waals surface area contributed by atoms with Crippen molar-refractivity contribution in [2.75, 3.05) is 14.6 Å². The zero-order valence-electron chi connectivity index (χ0n) is 11.6. The molecule has 1 N–H and O–H groups in total. The standard InChI is InChI=1S/C14H13IN4O2/c1-8-12-13(18(2)17-8)14(21)16-9-5-3-4-6-10(9)19(12)11(20)7-15/h3-6H,7H2,1-2H3,(H,16,21). The topological polar surface area (TPSA) is 67.2 Å². The lowest BCUT2D eigenvalue weighted by atomic mass is 10.2. The molecule has 0 saturated heterocycles. The molecule has 0 aliphatic carbocycles. The Labute approximate surface area is 135 Å². The van der Waals surface area contributed by atoms with Gasteiger partial charge in [0.2, 0.25) is 5.91 Å². The first-order valence-electron chi connectivity index (χ1n) is 6.37. The SMILES string of the molecule is Cc1nn(C)c2c1N(C(=O)CI)c1ccccc1NC2=O. The molecule has 108 valence electrons. The lowest BCUT2D eigenvalue weighted by Crippen LogP contribution is -2.27. The quantitative estimate of drug-likeness (QED) is 0.595. The van der Waals surface area contributed by atoms with Gasteiger partial charge in [-0.2, -0.15) is 5.10 Å². The number of nitrogens with zero attached hydrogens (tertiary/aromatic N) is 3. The van der Waals surface area contributed by atoms with Gasteiger partial charge in [-0.05, 0) is 19.1 Å². The van der Waals surface area contributed by atoms with Gasteiger partial charge < -0.3 is 5.32 Å². The van der Waals surface area contributed by atoms with Crippen LogP contribution < -0.4 is 10.2 Å². The highest BCUT2D eigenvalue weighted by Crippen LogP contribution is 2.39. The fourth-order valence-corrected chi connectivity index (χ4v) is 2.91. The summed E-state index contributed by atoms with van der Waals surface area (Å²) in [6, 6.07) is 7.28. The molecule has 3 rings (SSSR count). The Morgan fingerprint density at radius 3 is 2.81 bits per heavy atom. The maximum atomic E-state index is 12.5. The highest BCUT2D eigenvalue weighted by molar-refractivity contribution is 14.1. The summed E-state index contributed by atoms with van der Waals surface area (Å²) in [6.45, 7) is 1.80. The number of anilines is 3. The van der Waals surface area contributed by atoms with Crippen molar-refractivity contribution in [1.29, 1.82) is 0 Å². The van der Waals surface area contributed by atoms with Crippen LogP contribution in [-0.4, -0.2) is 26.0 Å². The Morgan fingerprint density at radius 1 is 1.38 bits per heavy atom. The zero-order chi connectivity index (χ0) is 15.1. The molecule has 1 aliphatic rings. The molecule has 21 heavy (non-hydrogen) atoms. The number of fused-ring (bicyclic) bond motifs is 2. The fourth-order valence-electron chi connectivity index (χ4n) is 2.56. The summed E-state index contributed by atoms with van der Waals surface area (Å²) in [5.74, 6) is -0.346. The van der Waals surface area contributed by atoms with Gasteiger partial charge in [-0.25, -0.2) is 0 Å². The molecule has 2 heterocycles.